The van der Waals surface area contributed by atoms with Crippen LogP contribution in [-0.2, 0) is 11.3 Å². The van der Waals surface area contributed by atoms with Crippen molar-refractivity contribution < 1.29 is 22.6 Å². The minimum Gasteiger partial charge on any atom is -0.484 e. The number of rotatable bonds is 7. The van der Waals surface area contributed by atoms with Crippen molar-refractivity contribution in [3.8, 4) is 5.75 Å². The van der Waals surface area contributed by atoms with Crippen LogP contribution in [0.25, 0.3) is 0 Å². The molecule has 0 aliphatic rings. The predicted molar refractivity (Wildman–Crippen MR) is 103 cm³/mol. The zero-order chi connectivity index (χ0) is 18.2. The Morgan fingerprint density at radius 2 is 1.80 bits per heavy atom. The first kappa shape index (κ1) is 23.8. The second-order valence-corrected chi connectivity index (χ2v) is 5.75. The van der Waals surface area contributed by atoms with Crippen molar-refractivity contribution in [2.24, 2.45) is 4.99 Å². The Kier molecular flexibility index (Phi) is 10.2. The highest BCUT2D eigenvalue weighted by Gasteiger charge is 2.28. The summed E-state index contributed by atoms with van der Waals surface area (Å²) in [5, 5.41) is 6.14. The molecule has 0 unspecified atom stereocenters. The monoisotopic (exact) mass is 475 g/mol. The summed E-state index contributed by atoms with van der Waals surface area (Å²) >= 11 is 0. The second kappa shape index (κ2) is 10.7. The van der Waals surface area contributed by atoms with Crippen LogP contribution in [0.1, 0.15) is 19.4 Å². The number of nitrogens with zero attached hydrogens (tertiary/aromatic N) is 1. The summed E-state index contributed by atoms with van der Waals surface area (Å²) in [6.07, 6.45) is -4.37. The fourth-order valence-corrected chi connectivity index (χ4v) is 1.72. The Morgan fingerprint density at radius 1 is 1.16 bits per heavy atom. The van der Waals surface area contributed by atoms with Crippen LogP contribution in [0.4, 0.5) is 13.2 Å². The van der Waals surface area contributed by atoms with E-state index >= 15 is 0 Å². The molecule has 1 aromatic carbocycles. The van der Waals surface area contributed by atoms with E-state index in [1.165, 1.54) is 6.07 Å². The summed E-state index contributed by atoms with van der Waals surface area (Å²) in [5.74, 6) is 0.709. The van der Waals surface area contributed by atoms with E-state index in [-0.39, 0.29) is 41.9 Å². The van der Waals surface area contributed by atoms with E-state index in [4.69, 9.17) is 9.47 Å². The predicted octanol–water partition coefficient (Wildman–Crippen LogP) is 3.34. The molecule has 0 amide bonds. The summed E-state index contributed by atoms with van der Waals surface area (Å²) in [6, 6.07) is 6.57. The van der Waals surface area contributed by atoms with Gasteiger partial charge in [0.15, 0.2) is 12.6 Å². The molecule has 0 aliphatic heterocycles. The van der Waals surface area contributed by atoms with Gasteiger partial charge < -0.3 is 20.1 Å². The van der Waals surface area contributed by atoms with Crippen molar-refractivity contribution in [3.63, 3.8) is 0 Å². The lowest BCUT2D eigenvalue weighted by molar-refractivity contribution is -0.153. The molecule has 25 heavy (non-hydrogen) atoms. The van der Waals surface area contributed by atoms with Crippen LogP contribution in [0.3, 0.4) is 0 Å². The largest absolute Gasteiger partial charge is 0.484 e. The average Bonchev–Trinajstić information content (AvgIpc) is 2.53. The van der Waals surface area contributed by atoms with Crippen molar-refractivity contribution in [3.05, 3.63) is 29.8 Å². The molecule has 0 spiro atoms. The van der Waals surface area contributed by atoms with Gasteiger partial charge in [0.2, 0.25) is 0 Å². The highest BCUT2D eigenvalue weighted by molar-refractivity contribution is 14.0. The molecule has 1 rings (SSSR count). The van der Waals surface area contributed by atoms with Gasteiger partial charge in [-0.3, -0.25) is 4.99 Å². The lowest BCUT2D eigenvalue weighted by Gasteiger charge is -2.24. The Labute approximate surface area is 163 Å². The van der Waals surface area contributed by atoms with Gasteiger partial charge in [0.05, 0.1) is 5.60 Å². The number of halogens is 4. The number of hydrogen-bond donors (Lipinski definition) is 2. The zero-order valence-corrected chi connectivity index (χ0v) is 17.1. The Hall–Kier alpha value is -1.23. The summed E-state index contributed by atoms with van der Waals surface area (Å²) in [7, 11) is 3.23. The highest BCUT2D eigenvalue weighted by Crippen LogP contribution is 2.22. The third-order valence-electron chi connectivity index (χ3n) is 3.27. The molecule has 0 aliphatic carbocycles. The molecular weight excluding hydrogens is 450 g/mol. The molecule has 5 nitrogen and oxygen atoms in total. The second-order valence-electron chi connectivity index (χ2n) is 5.75. The van der Waals surface area contributed by atoms with Crippen molar-refractivity contribution in [2.45, 2.75) is 32.2 Å². The first-order valence-corrected chi connectivity index (χ1v) is 7.44. The number of benzene rings is 1. The van der Waals surface area contributed by atoms with E-state index in [1.54, 1.807) is 32.4 Å². The van der Waals surface area contributed by atoms with Crippen molar-refractivity contribution in [1.82, 2.24) is 10.6 Å². The van der Waals surface area contributed by atoms with E-state index in [0.717, 1.165) is 0 Å². The van der Waals surface area contributed by atoms with Crippen LogP contribution in [0.2, 0.25) is 0 Å². The highest BCUT2D eigenvalue weighted by atomic mass is 127. The van der Waals surface area contributed by atoms with E-state index in [1.807, 2.05) is 13.8 Å². The minimum absolute atomic E-state index is 0. The summed E-state index contributed by atoms with van der Waals surface area (Å²) < 4.78 is 47.1. The first-order chi connectivity index (χ1) is 11.2. The fourth-order valence-electron chi connectivity index (χ4n) is 1.72. The van der Waals surface area contributed by atoms with E-state index in [0.29, 0.717) is 18.1 Å². The van der Waals surface area contributed by atoms with E-state index < -0.39 is 12.8 Å². The Bertz CT molecular complexity index is 552. The maximum absolute atomic E-state index is 12.3. The molecule has 0 heterocycles. The smallest absolute Gasteiger partial charge is 0.422 e. The van der Waals surface area contributed by atoms with Crippen LogP contribution in [0, 0.1) is 0 Å². The number of ether oxygens (including phenoxy) is 2. The Balaban J connectivity index is 0.00000576. The molecule has 2 N–H and O–H groups in total. The number of nitrogens with one attached hydrogen (secondary N) is 2. The molecular formula is C16H25F3IN3O2. The van der Waals surface area contributed by atoms with Crippen LogP contribution in [0.15, 0.2) is 29.3 Å². The van der Waals surface area contributed by atoms with Gasteiger partial charge in [0.25, 0.3) is 0 Å². The molecule has 1 aromatic rings. The third-order valence-corrected chi connectivity index (χ3v) is 3.27. The van der Waals surface area contributed by atoms with Crippen LogP contribution >= 0.6 is 24.0 Å². The summed E-state index contributed by atoms with van der Waals surface area (Å²) in [5.41, 5.74) is 0.237. The number of guanidine groups is 1. The molecule has 144 valence electrons. The molecule has 9 heteroatoms. The van der Waals surface area contributed by atoms with Crippen LogP contribution < -0.4 is 15.4 Å². The normalized spacial score (nSPS) is 12.4. The fraction of sp³-hybridized carbons (Fsp3) is 0.562. The van der Waals surface area contributed by atoms with Crippen LogP contribution in [-0.4, -0.2) is 45.0 Å². The standard InChI is InChI=1S/C16H24F3N3O2.HI/c1-15(2,23-4)10-22-14(20-3)21-9-12-7-5-6-8-13(12)24-11-16(17,18)19;/h5-8H,9-11H2,1-4H3,(H2,20,21,22);1H. The van der Waals surface area contributed by atoms with E-state index in [2.05, 4.69) is 15.6 Å². The third kappa shape index (κ3) is 9.73. The molecule has 0 radical (unpaired) electrons. The quantitative estimate of drug-likeness (QED) is 0.361. The Morgan fingerprint density at radius 3 is 2.36 bits per heavy atom. The van der Waals surface area contributed by atoms with Gasteiger partial charge in [-0.25, -0.2) is 0 Å². The van der Waals surface area contributed by atoms with Gasteiger partial charge >= 0.3 is 6.18 Å². The van der Waals surface area contributed by atoms with Crippen molar-refractivity contribution in [2.75, 3.05) is 27.3 Å². The molecule has 0 fully saturated rings. The minimum atomic E-state index is -4.37. The number of aliphatic imine (C=N–C) groups is 1. The maximum atomic E-state index is 12.3. The molecule has 0 aromatic heterocycles. The molecule has 0 saturated heterocycles. The summed E-state index contributed by atoms with van der Waals surface area (Å²) in [4.78, 5) is 4.07. The number of hydrogen-bond acceptors (Lipinski definition) is 3. The molecule has 0 bridgehead atoms. The van der Waals surface area contributed by atoms with Gasteiger partial charge in [-0.2, -0.15) is 13.2 Å². The van der Waals surface area contributed by atoms with Gasteiger partial charge in [-0.05, 0) is 19.9 Å². The molecule has 0 saturated carbocycles. The SMILES string of the molecule is CN=C(NCc1ccccc1OCC(F)(F)F)NCC(C)(C)OC.I. The number of methoxy groups -OCH3 is 1. The van der Waals surface area contributed by atoms with Gasteiger partial charge in [-0.15, -0.1) is 24.0 Å². The van der Waals surface area contributed by atoms with Crippen molar-refractivity contribution >= 4 is 29.9 Å². The number of para-hydroxylation sites is 1. The van der Waals surface area contributed by atoms with Crippen molar-refractivity contribution in [1.29, 1.82) is 0 Å². The van der Waals surface area contributed by atoms with Gasteiger partial charge in [0, 0.05) is 32.8 Å². The molecule has 0 atom stereocenters. The van der Waals surface area contributed by atoms with Crippen LogP contribution in [0.5, 0.6) is 5.75 Å². The topological polar surface area (TPSA) is 54.9 Å². The van der Waals surface area contributed by atoms with Gasteiger partial charge in [-0.1, -0.05) is 18.2 Å². The maximum Gasteiger partial charge on any atom is 0.422 e. The lowest BCUT2D eigenvalue weighted by atomic mass is 10.1. The average molecular weight is 475 g/mol. The van der Waals surface area contributed by atoms with E-state index in [9.17, 15) is 13.2 Å². The first-order valence-electron chi connectivity index (χ1n) is 7.44. The zero-order valence-electron chi connectivity index (χ0n) is 14.7. The lowest BCUT2D eigenvalue weighted by Crippen LogP contribution is -2.45. The van der Waals surface area contributed by atoms with Gasteiger partial charge in [0.1, 0.15) is 5.75 Å². The number of alkyl halides is 3. The summed E-state index contributed by atoms with van der Waals surface area (Å²) in [6.45, 7) is 3.33.